The van der Waals surface area contributed by atoms with Crippen molar-refractivity contribution >= 4 is 5.91 Å². The van der Waals surface area contributed by atoms with Gasteiger partial charge in [0.25, 0.3) is 5.91 Å². The Bertz CT molecular complexity index is 451. The van der Waals surface area contributed by atoms with Crippen molar-refractivity contribution < 1.29 is 19.0 Å². The SMILES string of the molecule is COc1ccc(C(=O)N2CC(C)(O)C2)cc1F. The summed E-state index contributed by atoms with van der Waals surface area (Å²) < 4.78 is 18.2. The summed E-state index contributed by atoms with van der Waals surface area (Å²) in [4.78, 5) is 13.3. The highest BCUT2D eigenvalue weighted by Gasteiger charge is 2.39. The lowest BCUT2D eigenvalue weighted by Crippen LogP contribution is -2.61. The van der Waals surface area contributed by atoms with Crippen molar-refractivity contribution in [3.05, 3.63) is 29.6 Å². The Morgan fingerprint density at radius 2 is 2.18 bits per heavy atom. The minimum absolute atomic E-state index is 0.108. The molecule has 1 aromatic rings. The van der Waals surface area contributed by atoms with Gasteiger partial charge in [0.2, 0.25) is 0 Å². The lowest BCUT2D eigenvalue weighted by Gasteiger charge is -2.44. The van der Waals surface area contributed by atoms with Crippen LogP contribution in [0.25, 0.3) is 0 Å². The van der Waals surface area contributed by atoms with Crippen molar-refractivity contribution in [1.29, 1.82) is 0 Å². The average molecular weight is 239 g/mol. The lowest BCUT2D eigenvalue weighted by atomic mass is 9.96. The number of amides is 1. The van der Waals surface area contributed by atoms with Crippen molar-refractivity contribution in [1.82, 2.24) is 4.90 Å². The molecule has 0 radical (unpaired) electrons. The van der Waals surface area contributed by atoms with E-state index in [4.69, 9.17) is 4.74 Å². The van der Waals surface area contributed by atoms with Crippen LogP contribution in [0, 0.1) is 5.82 Å². The van der Waals surface area contributed by atoms with Gasteiger partial charge in [0, 0.05) is 5.56 Å². The van der Waals surface area contributed by atoms with E-state index in [0.717, 1.165) is 6.07 Å². The zero-order chi connectivity index (χ0) is 12.6. The number of ether oxygens (including phenoxy) is 1. The van der Waals surface area contributed by atoms with Crippen LogP contribution in [-0.2, 0) is 0 Å². The molecule has 0 spiro atoms. The van der Waals surface area contributed by atoms with Gasteiger partial charge in [0.05, 0.1) is 25.8 Å². The van der Waals surface area contributed by atoms with Crippen molar-refractivity contribution in [3.8, 4) is 5.75 Å². The molecule has 0 aliphatic carbocycles. The maximum atomic E-state index is 13.4. The van der Waals surface area contributed by atoms with Gasteiger partial charge in [-0.05, 0) is 25.1 Å². The molecule has 1 fully saturated rings. The Morgan fingerprint density at radius 1 is 1.53 bits per heavy atom. The number of aliphatic hydroxyl groups is 1. The molecule has 92 valence electrons. The first kappa shape index (κ1) is 11.9. The van der Waals surface area contributed by atoms with Gasteiger partial charge in [-0.1, -0.05) is 0 Å². The average Bonchev–Trinajstić information content (AvgIpc) is 2.24. The molecule has 1 aromatic carbocycles. The van der Waals surface area contributed by atoms with Crippen molar-refractivity contribution in [2.75, 3.05) is 20.2 Å². The number of benzene rings is 1. The summed E-state index contributed by atoms with van der Waals surface area (Å²) in [7, 11) is 1.37. The van der Waals surface area contributed by atoms with Gasteiger partial charge in [0.1, 0.15) is 0 Å². The third-order valence-corrected chi connectivity index (χ3v) is 2.75. The van der Waals surface area contributed by atoms with Gasteiger partial charge in [-0.2, -0.15) is 0 Å². The summed E-state index contributed by atoms with van der Waals surface area (Å²) in [5.41, 5.74) is -0.556. The van der Waals surface area contributed by atoms with Crippen LogP contribution in [0.3, 0.4) is 0 Å². The molecule has 2 rings (SSSR count). The predicted molar refractivity (Wildman–Crippen MR) is 59.5 cm³/mol. The van der Waals surface area contributed by atoms with E-state index in [9.17, 15) is 14.3 Å². The molecular formula is C12H14FNO3. The second-order valence-electron chi connectivity index (χ2n) is 4.51. The van der Waals surface area contributed by atoms with Gasteiger partial charge < -0.3 is 14.7 Å². The van der Waals surface area contributed by atoms with Crippen LogP contribution in [0.15, 0.2) is 18.2 Å². The molecule has 1 aliphatic rings. The second kappa shape index (κ2) is 4.00. The maximum absolute atomic E-state index is 13.4. The van der Waals surface area contributed by atoms with E-state index < -0.39 is 11.4 Å². The smallest absolute Gasteiger partial charge is 0.254 e. The first-order chi connectivity index (χ1) is 7.93. The third kappa shape index (κ3) is 2.24. The quantitative estimate of drug-likeness (QED) is 0.839. The van der Waals surface area contributed by atoms with Crippen LogP contribution in [0.1, 0.15) is 17.3 Å². The van der Waals surface area contributed by atoms with E-state index in [1.807, 2.05) is 0 Å². The predicted octanol–water partition coefficient (Wildman–Crippen LogP) is 1.04. The minimum atomic E-state index is -0.819. The molecule has 1 saturated heterocycles. The number of hydrogen-bond donors (Lipinski definition) is 1. The number of carbonyl (C=O) groups is 1. The number of β-amino-alcohol motifs (C(OH)–C–C–N with tert-alkyl or cyclic N) is 1. The lowest BCUT2D eigenvalue weighted by molar-refractivity contribution is -0.0668. The summed E-state index contributed by atoms with van der Waals surface area (Å²) in [6.45, 7) is 2.21. The molecule has 0 bridgehead atoms. The first-order valence-electron chi connectivity index (χ1n) is 5.28. The fourth-order valence-electron chi connectivity index (χ4n) is 1.90. The third-order valence-electron chi connectivity index (χ3n) is 2.75. The van der Waals surface area contributed by atoms with Gasteiger partial charge in [0.15, 0.2) is 11.6 Å². The molecule has 0 atom stereocenters. The summed E-state index contributed by atoms with van der Waals surface area (Å²) in [5, 5.41) is 9.53. The topological polar surface area (TPSA) is 49.8 Å². The monoisotopic (exact) mass is 239 g/mol. The highest BCUT2D eigenvalue weighted by Crippen LogP contribution is 2.24. The molecular weight excluding hydrogens is 225 g/mol. The van der Waals surface area contributed by atoms with Crippen LogP contribution >= 0.6 is 0 Å². The van der Waals surface area contributed by atoms with E-state index in [1.165, 1.54) is 24.1 Å². The first-order valence-corrected chi connectivity index (χ1v) is 5.28. The second-order valence-corrected chi connectivity index (χ2v) is 4.51. The normalized spacial score (nSPS) is 17.5. The number of carbonyl (C=O) groups excluding carboxylic acids is 1. The molecule has 17 heavy (non-hydrogen) atoms. The summed E-state index contributed by atoms with van der Waals surface area (Å²) in [5.74, 6) is -0.735. The Labute approximate surface area is 98.6 Å². The van der Waals surface area contributed by atoms with Crippen LogP contribution in [0.2, 0.25) is 0 Å². The van der Waals surface area contributed by atoms with Crippen LogP contribution in [-0.4, -0.2) is 41.7 Å². The summed E-state index contributed by atoms with van der Waals surface area (Å²) in [6.07, 6.45) is 0. The standard InChI is InChI=1S/C12H14FNO3/c1-12(16)6-14(7-12)11(15)8-3-4-10(17-2)9(13)5-8/h3-5,16H,6-7H2,1-2H3. The highest BCUT2D eigenvalue weighted by atomic mass is 19.1. The summed E-state index contributed by atoms with van der Waals surface area (Å²) in [6, 6.07) is 4.08. The van der Waals surface area contributed by atoms with Crippen LogP contribution in [0.5, 0.6) is 5.75 Å². The Balaban J connectivity index is 2.13. The van der Waals surface area contributed by atoms with Crippen molar-refractivity contribution in [2.24, 2.45) is 0 Å². The molecule has 4 nitrogen and oxygen atoms in total. The van der Waals surface area contributed by atoms with E-state index in [0.29, 0.717) is 0 Å². The number of methoxy groups -OCH3 is 1. The van der Waals surface area contributed by atoms with Crippen molar-refractivity contribution in [2.45, 2.75) is 12.5 Å². The Morgan fingerprint density at radius 3 is 2.65 bits per heavy atom. The van der Waals surface area contributed by atoms with Crippen molar-refractivity contribution in [3.63, 3.8) is 0 Å². The van der Waals surface area contributed by atoms with Gasteiger partial charge in [-0.15, -0.1) is 0 Å². The molecule has 0 aromatic heterocycles. The number of likely N-dealkylation sites (tertiary alicyclic amines) is 1. The van der Waals surface area contributed by atoms with Crippen LogP contribution in [0.4, 0.5) is 4.39 Å². The van der Waals surface area contributed by atoms with E-state index in [-0.39, 0.29) is 30.3 Å². The van der Waals surface area contributed by atoms with Crippen LogP contribution < -0.4 is 4.74 Å². The summed E-state index contributed by atoms with van der Waals surface area (Å²) >= 11 is 0. The van der Waals surface area contributed by atoms with E-state index >= 15 is 0 Å². The van der Waals surface area contributed by atoms with Gasteiger partial charge in [-0.3, -0.25) is 4.79 Å². The Hall–Kier alpha value is -1.62. The molecule has 0 saturated carbocycles. The number of hydrogen-bond acceptors (Lipinski definition) is 3. The van der Waals surface area contributed by atoms with Gasteiger partial charge in [-0.25, -0.2) is 4.39 Å². The fraction of sp³-hybridized carbons (Fsp3) is 0.417. The molecule has 1 amide bonds. The van der Waals surface area contributed by atoms with E-state index in [2.05, 4.69) is 0 Å². The maximum Gasteiger partial charge on any atom is 0.254 e. The minimum Gasteiger partial charge on any atom is -0.494 e. The number of rotatable bonds is 2. The molecule has 5 heteroatoms. The molecule has 1 aliphatic heterocycles. The largest absolute Gasteiger partial charge is 0.494 e. The molecule has 1 heterocycles. The highest BCUT2D eigenvalue weighted by molar-refractivity contribution is 5.95. The fourth-order valence-corrected chi connectivity index (χ4v) is 1.90. The molecule has 0 unspecified atom stereocenters. The zero-order valence-corrected chi connectivity index (χ0v) is 9.74. The van der Waals surface area contributed by atoms with Gasteiger partial charge >= 0.3 is 0 Å². The Kier molecular flexibility index (Phi) is 2.79. The zero-order valence-electron chi connectivity index (χ0n) is 9.74. The number of nitrogens with zero attached hydrogens (tertiary/aromatic N) is 1. The number of halogens is 1. The molecule has 1 N–H and O–H groups in total. The van der Waals surface area contributed by atoms with E-state index in [1.54, 1.807) is 6.92 Å².